The van der Waals surface area contributed by atoms with Crippen molar-refractivity contribution in [2.24, 2.45) is 39.9 Å². The van der Waals surface area contributed by atoms with Crippen molar-refractivity contribution in [2.75, 3.05) is 19.7 Å². The molecule has 0 radical (unpaired) electrons. The Hall–Kier alpha value is -0.240. The number of piperidine rings is 1. The zero-order chi connectivity index (χ0) is 19.9. The summed E-state index contributed by atoms with van der Waals surface area (Å²) in [5.74, 6) is -0.204. The summed E-state index contributed by atoms with van der Waals surface area (Å²) < 4.78 is 0. The molecule has 7 fully saturated rings. The van der Waals surface area contributed by atoms with Crippen LogP contribution < -0.4 is 0 Å². The third-order valence-electron chi connectivity index (χ3n) is 11.1. The third kappa shape index (κ3) is 1.53. The second-order valence-electron chi connectivity index (χ2n) is 11.4. The highest BCUT2D eigenvalue weighted by atomic mass is 16.4. The second kappa shape index (κ2) is 5.14. The molecule has 6 heteroatoms. The van der Waals surface area contributed by atoms with E-state index in [1.807, 2.05) is 0 Å². The van der Waals surface area contributed by atoms with Gasteiger partial charge in [-0.15, -0.1) is 0 Å². The van der Waals surface area contributed by atoms with Gasteiger partial charge in [-0.3, -0.25) is 4.90 Å². The average Bonchev–Trinajstić information content (AvgIpc) is 3.12. The minimum absolute atomic E-state index is 0.136. The van der Waals surface area contributed by atoms with Crippen molar-refractivity contribution >= 4 is 0 Å². The summed E-state index contributed by atoms with van der Waals surface area (Å²) >= 11 is 0. The summed E-state index contributed by atoms with van der Waals surface area (Å²) in [4.78, 5) is 2.52. The number of likely N-dealkylation sites (tertiary alicyclic amines) is 1. The van der Waals surface area contributed by atoms with E-state index < -0.39 is 47.3 Å². The maximum Gasteiger partial charge on any atom is 0.119 e. The first-order chi connectivity index (χ1) is 13.2. The van der Waals surface area contributed by atoms with Gasteiger partial charge in [0.05, 0.1) is 24.9 Å². The van der Waals surface area contributed by atoms with Gasteiger partial charge < -0.3 is 25.5 Å². The lowest BCUT2D eigenvalue weighted by atomic mass is 9.37. The van der Waals surface area contributed by atoms with Crippen molar-refractivity contribution in [3.05, 3.63) is 0 Å². The van der Waals surface area contributed by atoms with E-state index in [9.17, 15) is 25.5 Å². The summed E-state index contributed by atoms with van der Waals surface area (Å²) in [5, 5.41) is 55.9. The molecule has 6 aliphatic carbocycles. The number of aliphatic hydroxyl groups is 5. The van der Waals surface area contributed by atoms with E-state index in [0.29, 0.717) is 12.3 Å². The summed E-state index contributed by atoms with van der Waals surface area (Å²) in [6, 6.07) is 0.153. The Morgan fingerprint density at radius 1 is 1.07 bits per heavy atom. The molecule has 0 amide bonds. The average molecular weight is 394 g/mol. The Balaban J connectivity index is 1.61. The maximum atomic E-state index is 11.6. The Morgan fingerprint density at radius 3 is 2.50 bits per heavy atom. The van der Waals surface area contributed by atoms with Crippen LogP contribution >= 0.6 is 0 Å². The van der Waals surface area contributed by atoms with Crippen LogP contribution in [0.15, 0.2) is 0 Å². The van der Waals surface area contributed by atoms with E-state index in [2.05, 4.69) is 18.7 Å². The van der Waals surface area contributed by atoms with E-state index in [1.54, 1.807) is 0 Å². The highest BCUT2D eigenvalue weighted by Gasteiger charge is 2.88. The van der Waals surface area contributed by atoms with E-state index in [0.717, 1.165) is 38.8 Å². The van der Waals surface area contributed by atoms with Gasteiger partial charge in [0.15, 0.2) is 0 Å². The fourth-order valence-corrected chi connectivity index (χ4v) is 10.5. The van der Waals surface area contributed by atoms with Crippen molar-refractivity contribution in [1.29, 1.82) is 0 Å². The molecular weight excluding hydrogens is 358 g/mol. The highest BCUT2D eigenvalue weighted by molar-refractivity contribution is 5.37. The maximum absolute atomic E-state index is 11.6. The predicted molar refractivity (Wildman–Crippen MR) is 101 cm³/mol. The SMILES string of the molecule is CCN1C[C@]2(C)CC[C@H](O)[C@]34C1C(CC23)C12CCC([C@H](O)C14)[C@@](O)(CO)[C@H]2O. The monoisotopic (exact) mass is 393 g/mol. The van der Waals surface area contributed by atoms with Gasteiger partial charge in [-0.25, -0.2) is 0 Å². The molecule has 7 rings (SSSR count). The fraction of sp³-hybridized carbons (Fsp3) is 1.00. The fourth-order valence-electron chi connectivity index (χ4n) is 10.5. The molecule has 1 aliphatic heterocycles. The molecule has 28 heavy (non-hydrogen) atoms. The van der Waals surface area contributed by atoms with Crippen molar-refractivity contribution in [3.63, 3.8) is 0 Å². The minimum Gasteiger partial charge on any atom is -0.393 e. The summed E-state index contributed by atoms with van der Waals surface area (Å²) in [7, 11) is 0. The molecule has 0 aromatic carbocycles. The first kappa shape index (κ1) is 18.5. The molecule has 6 nitrogen and oxygen atoms in total. The number of aliphatic hydroxyl groups excluding tert-OH is 4. The quantitative estimate of drug-likeness (QED) is 0.451. The standard InChI is InChI=1S/C22H35NO5/c1-3-23-9-19(2)6-5-14(25)22-13(19)8-12(17(22)23)20-7-4-11(15(26)16(20)22)21(28,10-24)18(20)27/h11-18,24-28H,3-10H2,1-2H3/t11?,12?,13?,14-,15-,16?,17?,18-,19-,20?,21-,22+/m0/s1. The molecule has 5 N–H and O–H groups in total. The molecule has 12 atom stereocenters. The Morgan fingerprint density at radius 2 is 1.82 bits per heavy atom. The topological polar surface area (TPSA) is 104 Å². The van der Waals surface area contributed by atoms with Crippen LogP contribution in [0, 0.1) is 39.9 Å². The second-order valence-corrected chi connectivity index (χ2v) is 11.4. The van der Waals surface area contributed by atoms with Crippen molar-refractivity contribution in [3.8, 4) is 0 Å². The number of nitrogens with zero attached hydrogens (tertiary/aromatic N) is 1. The summed E-state index contributed by atoms with van der Waals surface area (Å²) in [5.41, 5.74) is -2.51. The first-order valence-corrected chi connectivity index (χ1v) is 11.3. The molecular formula is C22H35NO5. The van der Waals surface area contributed by atoms with Crippen LogP contribution in [0.3, 0.4) is 0 Å². The van der Waals surface area contributed by atoms with Gasteiger partial charge in [0.2, 0.25) is 0 Å². The molecule has 1 saturated heterocycles. The van der Waals surface area contributed by atoms with Gasteiger partial charge >= 0.3 is 0 Å². The number of hydrogen-bond acceptors (Lipinski definition) is 6. The molecule has 0 aromatic rings. The Bertz CT molecular complexity index is 719. The summed E-state index contributed by atoms with van der Waals surface area (Å²) in [6.07, 6.45) is 1.86. The molecule has 2 spiro atoms. The van der Waals surface area contributed by atoms with E-state index in [4.69, 9.17) is 0 Å². The van der Waals surface area contributed by atoms with E-state index in [1.165, 1.54) is 0 Å². The lowest BCUT2D eigenvalue weighted by Gasteiger charge is -2.71. The number of rotatable bonds is 2. The number of hydrogen-bond donors (Lipinski definition) is 5. The van der Waals surface area contributed by atoms with Crippen LogP contribution in [0.5, 0.6) is 0 Å². The highest BCUT2D eigenvalue weighted by Crippen LogP contribution is 2.83. The normalized spacial score (nSPS) is 67.0. The molecule has 6 unspecified atom stereocenters. The smallest absolute Gasteiger partial charge is 0.119 e. The molecule has 7 aliphatic rings. The van der Waals surface area contributed by atoms with Gasteiger partial charge in [-0.05, 0) is 55.9 Å². The predicted octanol–water partition coefficient (Wildman–Crippen LogP) is -0.0410. The van der Waals surface area contributed by atoms with Crippen LogP contribution in [0.1, 0.15) is 46.0 Å². The lowest BCUT2D eigenvalue weighted by Crippen LogP contribution is -2.78. The van der Waals surface area contributed by atoms with E-state index >= 15 is 0 Å². The molecule has 1 heterocycles. The van der Waals surface area contributed by atoms with Crippen LogP contribution in [0.2, 0.25) is 0 Å². The molecule has 7 bridgehead atoms. The van der Waals surface area contributed by atoms with Gasteiger partial charge in [0.25, 0.3) is 0 Å². The van der Waals surface area contributed by atoms with Crippen LogP contribution in [0.25, 0.3) is 0 Å². The zero-order valence-electron chi connectivity index (χ0n) is 17.0. The van der Waals surface area contributed by atoms with Crippen LogP contribution in [0.4, 0.5) is 0 Å². The van der Waals surface area contributed by atoms with Gasteiger partial charge in [-0.2, -0.15) is 0 Å². The molecule has 0 aromatic heterocycles. The number of fused-ring (bicyclic) bond motifs is 2. The van der Waals surface area contributed by atoms with E-state index in [-0.39, 0.29) is 23.3 Å². The largest absolute Gasteiger partial charge is 0.393 e. The first-order valence-electron chi connectivity index (χ1n) is 11.3. The van der Waals surface area contributed by atoms with Crippen LogP contribution in [-0.2, 0) is 0 Å². The van der Waals surface area contributed by atoms with Gasteiger partial charge in [0, 0.05) is 35.3 Å². The van der Waals surface area contributed by atoms with Crippen molar-refractivity contribution in [1.82, 2.24) is 4.90 Å². The van der Waals surface area contributed by atoms with Crippen LogP contribution in [-0.4, -0.2) is 80.1 Å². The Labute approximate surface area is 166 Å². The van der Waals surface area contributed by atoms with Gasteiger partial charge in [0.1, 0.15) is 5.60 Å². The van der Waals surface area contributed by atoms with Crippen molar-refractivity contribution in [2.45, 2.75) is 75.9 Å². The zero-order valence-corrected chi connectivity index (χ0v) is 17.0. The summed E-state index contributed by atoms with van der Waals surface area (Å²) in [6.45, 7) is 5.95. The lowest BCUT2D eigenvalue weighted by molar-refractivity contribution is -0.329. The third-order valence-corrected chi connectivity index (χ3v) is 11.1. The molecule has 6 saturated carbocycles. The van der Waals surface area contributed by atoms with Gasteiger partial charge in [-0.1, -0.05) is 13.8 Å². The minimum atomic E-state index is -1.64. The molecule has 158 valence electrons. The van der Waals surface area contributed by atoms with Crippen molar-refractivity contribution < 1.29 is 25.5 Å². The Kier molecular flexibility index (Phi) is 3.40.